The second-order valence-corrected chi connectivity index (χ2v) is 7.08. The van der Waals surface area contributed by atoms with Crippen LogP contribution in [0.5, 0.6) is 11.5 Å². The zero-order chi connectivity index (χ0) is 17.8. The number of aryl methyl sites for hydroxylation is 1. The number of nitrogens with zero attached hydrogens (tertiary/aromatic N) is 3. The molecule has 1 aromatic heterocycles. The Morgan fingerprint density at radius 1 is 1.12 bits per heavy atom. The number of halogens is 1. The largest absolute Gasteiger partial charge is 0.454 e. The molecular weight excluding hydrogens is 396 g/mol. The average molecular weight is 411 g/mol. The lowest BCUT2D eigenvalue weighted by atomic mass is 9.95. The molecule has 7 heteroatoms. The summed E-state index contributed by atoms with van der Waals surface area (Å²) in [4.78, 5) is 4.66. The number of benzene rings is 2. The molecule has 0 bridgehead atoms. The molecule has 0 saturated carbocycles. The van der Waals surface area contributed by atoms with E-state index < -0.39 is 0 Å². The van der Waals surface area contributed by atoms with Gasteiger partial charge in [0.25, 0.3) is 0 Å². The number of hydrogen-bond donors (Lipinski definition) is 1. The van der Waals surface area contributed by atoms with E-state index in [1.165, 1.54) is 0 Å². The van der Waals surface area contributed by atoms with Gasteiger partial charge < -0.3 is 15.2 Å². The lowest BCUT2D eigenvalue weighted by Crippen LogP contribution is -2.07. The minimum atomic E-state index is 0.242. The zero-order valence-electron chi connectivity index (χ0n) is 14.0. The number of ether oxygens (including phenoxy) is 2. The number of aromatic nitrogens is 2. The lowest BCUT2D eigenvalue weighted by Gasteiger charge is -2.11. The van der Waals surface area contributed by atoms with Crippen LogP contribution in [0, 0.1) is 6.92 Å². The summed E-state index contributed by atoms with van der Waals surface area (Å²) in [6.07, 6.45) is 0.653. The SMILES string of the molecule is Cc1nc2n(c1Br)N=C(c1ccc(N)cc1)c1cc3c(cc1C2)OCO3. The van der Waals surface area contributed by atoms with Crippen molar-refractivity contribution in [2.24, 2.45) is 5.10 Å². The first-order valence-electron chi connectivity index (χ1n) is 8.21. The number of rotatable bonds is 1. The highest BCUT2D eigenvalue weighted by Crippen LogP contribution is 2.38. The Bertz CT molecular complexity index is 1070. The zero-order valence-corrected chi connectivity index (χ0v) is 15.6. The Balaban J connectivity index is 1.79. The van der Waals surface area contributed by atoms with Crippen molar-refractivity contribution in [1.82, 2.24) is 9.66 Å². The van der Waals surface area contributed by atoms with E-state index in [0.717, 1.165) is 50.0 Å². The molecule has 0 spiro atoms. The van der Waals surface area contributed by atoms with Crippen LogP contribution >= 0.6 is 15.9 Å². The van der Waals surface area contributed by atoms with Crippen LogP contribution in [-0.2, 0) is 6.42 Å². The van der Waals surface area contributed by atoms with Crippen LogP contribution in [0.1, 0.15) is 28.2 Å². The highest BCUT2D eigenvalue weighted by Gasteiger charge is 2.26. The van der Waals surface area contributed by atoms with E-state index in [2.05, 4.69) is 20.9 Å². The maximum absolute atomic E-state index is 5.86. The van der Waals surface area contributed by atoms with Crippen molar-refractivity contribution in [2.75, 3.05) is 12.5 Å². The van der Waals surface area contributed by atoms with Gasteiger partial charge in [-0.1, -0.05) is 12.1 Å². The summed E-state index contributed by atoms with van der Waals surface area (Å²) >= 11 is 3.60. The fourth-order valence-corrected chi connectivity index (χ4v) is 3.67. The molecule has 0 fully saturated rings. The standard InChI is InChI=1S/C19H15BrN4O2/c1-10-19(20)24-17(22-10)7-12-6-15-16(26-9-25-15)8-14(12)18(23-24)11-2-4-13(21)5-3-11/h2-6,8H,7,9,21H2,1H3. The second kappa shape index (κ2) is 5.60. The predicted molar refractivity (Wildman–Crippen MR) is 102 cm³/mol. The first-order valence-corrected chi connectivity index (χ1v) is 9.01. The van der Waals surface area contributed by atoms with Gasteiger partial charge in [0.15, 0.2) is 11.5 Å². The molecule has 2 N–H and O–H groups in total. The molecule has 0 amide bonds. The van der Waals surface area contributed by atoms with Gasteiger partial charge in [0.1, 0.15) is 10.4 Å². The molecule has 0 radical (unpaired) electrons. The quantitative estimate of drug-likeness (QED) is 0.487. The molecule has 0 atom stereocenters. The van der Waals surface area contributed by atoms with E-state index in [0.29, 0.717) is 12.1 Å². The molecule has 3 aromatic rings. The van der Waals surface area contributed by atoms with Crippen LogP contribution in [0.25, 0.3) is 0 Å². The van der Waals surface area contributed by atoms with Crippen molar-refractivity contribution in [3.63, 3.8) is 0 Å². The monoisotopic (exact) mass is 410 g/mol. The number of nitrogens with two attached hydrogens (primary N) is 1. The van der Waals surface area contributed by atoms with Gasteiger partial charge in [-0.25, -0.2) is 9.66 Å². The number of fused-ring (bicyclic) bond motifs is 3. The summed E-state index contributed by atoms with van der Waals surface area (Å²) in [7, 11) is 0. The average Bonchev–Trinajstić information content (AvgIpc) is 3.14. The van der Waals surface area contributed by atoms with E-state index in [1.54, 1.807) is 0 Å². The van der Waals surface area contributed by atoms with Crippen molar-refractivity contribution in [3.05, 3.63) is 69.2 Å². The van der Waals surface area contributed by atoms with E-state index >= 15 is 0 Å². The smallest absolute Gasteiger partial charge is 0.231 e. The molecule has 0 unspecified atom stereocenters. The van der Waals surface area contributed by atoms with Gasteiger partial charge in [-0.15, -0.1) is 0 Å². The van der Waals surface area contributed by atoms with Crippen LogP contribution in [0.2, 0.25) is 0 Å². The number of imidazole rings is 1. The molecule has 2 aromatic carbocycles. The minimum absolute atomic E-state index is 0.242. The molecule has 6 nitrogen and oxygen atoms in total. The normalized spacial score (nSPS) is 14.5. The molecule has 2 aliphatic rings. The molecule has 5 rings (SSSR count). The van der Waals surface area contributed by atoms with Gasteiger partial charge in [0, 0.05) is 23.2 Å². The summed E-state index contributed by atoms with van der Waals surface area (Å²) in [6.45, 7) is 2.20. The lowest BCUT2D eigenvalue weighted by molar-refractivity contribution is 0.174. The molecule has 3 heterocycles. The summed E-state index contributed by atoms with van der Waals surface area (Å²) in [6, 6.07) is 11.7. The van der Waals surface area contributed by atoms with E-state index in [-0.39, 0.29) is 6.79 Å². The summed E-state index contributed by atoms with van der Waals surface area (Å²) in [5.74, 6) is 2.37. The summed E-state index contributed by atoms with van der Waals surface area (Å²) in [5.41, 5.74) is 11.4. The van der Waals surface area contributed by atoms with Gasteiger partial charge >= 0.3 is 0 Å². The van der Waals surface area contributed by atoms with Gasteiger partial charge in [-0.3, -0.25) is 0 Å². The van der Waals surface area contributed by atoms with Crippen LogP contribution < -0.4 is 15.2 Å². The Kier molecular flexibility index (Phi) is 3.33. The van der Waals surface area contributed by atoms with E-state index in [9.17, 15) is 0 Å². The van der Waals surface area contributed by atoms with Crippen molar-refractivity contribution in [2.45, 2.75) is 13.3 Å². The Labute approximate surface area is 158 Å². The Morgan fingerprint density at radius 3 is 2.62 bits per heavy atom. The summed E-state index contributed by atoms with van der Waals surface area (Å²) < 4.78 is 13.9. The molecule has 2 aliphatic heterocycles. The Hall–Kier alpha value is -2.80. The Morgan fingerprint density at radius 2 is 1.85 bits per heavy atom. The molecule has 0 aliphatic carbocycles. The van der Waals surface area contributed by atoms with Gasteiger partial charge in [-0.2, -0.15) is 5.10 Å². The number of anilines is 1. The topological polar surface area (TPSA) is 74.7 Å². The highest BCUT2D eigenvalue weighted by atomic mass is 79.9. The second-order valence-electron chi connectivity index (χ2n) is 6.33. The van der Waals surface area contributed by atoms with Crippen molar-refractivity contribution in [1.29, 1.82) is 0 Å². The van der Waals surface area contributed by atoms with Gasteiger partial charge in [0.2, 0.25) is 6.79 Å². The van der Waals surface area contributed by atoms with Crippen molar-refractivity contribution in [3.8, 4) is 11.5 Å². The number of hydrogen-bond acceptors (Lipinski definition) is 5. The first-order chi connectivity index (χ1) is 12.6. The van der Waals surface area contributed by atoms with E-state index in [1.807, 2.05) is 48.0 Å². The predicted octanol–water partition coefficient (Wildman–Crippen LogP) is 3.47. The third-order valence-corrected chi connectivity index (χ3v) is 5.52. The molecule has 0 saturated heterocycles. The highest BCUT2D eigenvalue weighted by molar-refractivity contribution is 9.10. The molecule has 130 valence electrons. The maximum Gasteiger partial charge on any atom is 0.231 e. The van der Waals surface area contributed by atoms with Gasteiger partial charge in [0.05, 0.1) is 11.4 Å². The maximum atomic E-state index is 5.86. The van der Waals surface area contributed by atoms with Crippen molar-refractivity contribution < 1.29 is 9.47 Å². The van der Waals surface area contributed by atoms with Gasteiger partial charge in [-0.05, 0) is 52.7 Å². The first kappa shape index (κ1) is 15.5. The van der Waals surface area contributed by atoms with Crippen LogP contribution in [0.15, 0.2) is 46.1 Å². The number of nitrogen functional groups attached to an aromatic ring is 1. The van der Waals surface area contributed by atoms with E-state index in [4.69, 9.17) is 20.3 Å². The van der Waals surface area contributed by atoms with Crippen LogP contribution in [-0.4, -0.2) is 22.2 Å². The fraction of sp³-hybridized carbons (Fsp3) is 0.158. The third-order valence-electron chi connectivity index (χ3n) is 4.61. The van der Waals surface area contributed by atoms with Crippen LogP contribution in [0.3, 0.4) is 0 Å². The molecule has 26 heavy (non-hydrogen) atoms. The molecular formula is C19H15BrN4O2. The van der Waals surface area contributed by atoms with Crippen LogP contribution in [0.4, 0.5) is 5.69 Å². The van der Waals surface area contributed by atoms with Crippen molar-refractivity contribution >= 4 is 27.3 Å². The fourth-order valence-electron chi connectivity index (χ4n) is 3.30. The minimum Gasteiger partial charge on any atom is -0.454 e. The third kappa shape index (κ3) is 2.31. The summed E-state index contributed by atoms with van der Waals surface area (Å²) in [5, 5.41) is 4.91.